The van der Waals surface area contributed by atoms with E-state index in [0.717, 1.165) is 10.0 Å². The molecule has 0 bridgehead atoms. The zero-order valence-electron chi connectivity index (χ0n) is 10.5. The van der Waals surface area contributed by atoms with Crippen molar-refractivity contribution in [2.45, 2.75) is 13.8 Å². The van der Waals surface area contributed by atoms with Gasteiger partial charge in [0.15, 0.2) is 5.78 Å². The fourth-order valence-corrected chi connectivity index (χ4v) is 2.03. The topological polar surface area (TPSA) is 26.3 Å². The molecule has 2 nitrogen and oxygen atoms in total. The van der Waals surface area contributed by atoms with Crippen LogP contribution in [-0.2, 0) is 0 Å². The van der Waals surface area contributed by atoms with Crippen LogP contribution in [0.4, 0.5) is 4.39 Å². The zero-order valence-corrected chi connectivity index (χ0v) is 12.1. The van der Waals surface area contributed by atoms with E-state index in [0.29, 0.717) is 17.1 Å². The van der Waals surface area contributed by atoms with Gasteiger partial charge in [0.2, 0.25) is 0 Å². The average Bonchev–Trinajstić information content (AvgIpc) is 2.35. The molecule has 0 atom stereocenters. The molecule has 0 aliphatic heterocycles. The molecular weight excluding hydrogens is 311 g/mol. The third-order valence-electron chi connectivity index (χ3n) is 2.69. The van der Waals surface area contributed by atoms with Crippen molar-refractivity contribution in [2.24, 2.45) is 0 Å². The molecule has 2 aromatic rings. The standard InChI is InChI=1S/C15H12BrFO2/c1-9-3-5-12(17)8-15(9)19-14-6-4-11(16)7-13(14)10(2)18/h3-8H,1-2H3. The quantitative estimate of drug-likeness (QED) is 0.752. The third-order valence-corrected chi connectivity index (χ3v) is 3.18. The highest BCUT2D eigenvalue weighted by molar-refractivity contribution is 9.10. The van der Waals surface area contributed by atoms with E-state index >= 15 is 0 Å². The molecule has 2 rings (SSSR count). The first-order valence-corrected chi connectivity index (χ1v) is 6.51. The number of rotatable bonds is 3. The molecule has 4 heteroatoms. The third kappa shape index (κ3) is 3.20. The summed E-state index contributed by atoms with van der Waals surface area (Å²) in [7, 11) is 0. The largest absolute Gasteiger partial charge is 0.456 e. The lowest BCUT2D eigenvalue weighted by molar-refractivity contribution is 0.101. The van der Waals surface area contributed by atoms with Gasteiger partial charge in [-0.15, -0.1) is 0 Å². The SMILES string of the molecule is CC(=O)c1cc(Br)ccc1Oc1cc(F)ccc1C. The Hall–Kier alpha value is -1.68. The van der Waals surface area contributed by atoms with Gasteiger partial charge >= 0.3 is 0 Å². The molecule has 0 amide bonds. The second kappa shape index (κ2) is 5.53. The molecule has 0 spiro atoms. The van der Waals surface area contributed by atoms with Gasteiger partial charge in [0.1, 0.15) is 17.3 Å². The second-order valence-corrected chi connectivity index (χ2v) is 5.12. The molecule has 0 aromatic heterocycles. The molecule has 0 saturated carbocycles. The van der Waals surface area contributed by atoms with Crippen molar-refractivity contribution in [1.82, 2.24) is 0 Å². The summed E-state index contributed by atoms with van der Waals surface area (Å²) in [5, 5.41) is 0. The number of ketones is 1. The van der Waals surface area contributed by atoms with Crippen LogP contribution >= 0.6 is 15.9 Å². The highest BCUT2D eigenvalue weighted by atomic mass is 79.9. The first-order valence-electron chi connectivity index (χ1n) is 5.72. The lowest BCUT2D eigenvalue weighted by atomic mass is 10.1. The predicted octanol–water partition coefficient (Wildman–Crippen LogP) is 4.89. The van der Waals surface area contributed by atoms with Crippen LogP contribution < -0.4 is 4.74 Å². The second-order valence-electron chi connectivity index (χ2n) is 4.21. The maximum atomic E-state index is 13.2. The Labute approximate surface area is 119 Å². The minimum absolute atomic E-state index is 0.106. The van der Waals surface area contributed by atoms with E-state index in [1.54, 1.807) is 24.3 Å². The van der Waals surface area contributed by atoms with Gasteiger partial charge in [-0.1, -0.05) is 22.0 Å². The molecule has 19 heavy (non-hydrogen) atoms. The molecule has 0 aliphatic carbocycles. The number of ether oxygens (including phenoxy) is 1. The number of hydrogen-bond acceptors (Lipinski definition) is 2. The van der Waals surface area contributed by atoms with Gasteiger partial charge < -0.3 is 4.74 Å². The fourth-order valence-electron chi connectivity index (χ4n) is 1.67. The minimum Gasteiger partial charge on any atom is -0.456 e. The van der Waals surface area contributed by atoms with Crippen molar-refractivity contribution in [3.63, 3.8) is 0 Å². The van der Waals surface area contributed by atoms with Crippen molar-refractivity contribution in [2.75, 3.05) is 0 Å². The maximum Gasteiger partial charge on any atom is 0.163 e. The Bertz CT molecular complexity index is 638. The van der Waals surface area contributed by atoms with Crippen molar-refractivity contribution in [3.05, 3.63) is 57.8 Å². The van der Waals surface area contributed by atoms with Crippen molar-refractivity contribution >= 4 is 21.7 Å². The zero-order chi connectivity index (χ0) is 14.0. The van der Waals surface area contributed by atoms with Gasteiger partial charge in [-0.25, -0.2) is 4.39 Å². The molecule has 2 aromatic carbocycles. The minimum atomic E-state index is -0.373. The van der Waals surface area contributed by atoms with Crippen LogP contribution in [0.3, 0.4) is 0 Å². The van der Waals surface area contributed by atoms with Crippen LogP contribution in [0.1, 0.15) is 22.8 Å². The van der Waals surface area contributed by atoms with Crippen molar-refractivity contribution in [3.8, 4) is 11.5 Å². The summed E-state index contributed by atoms with van der Waals surface area (Å²) >= 11 is 3.31. The molecule has 0 aliphatic rings. The Morgan fingerprint density at radius 1 is 1.16 bits per heavy atom. The van der Waals surface area contributed by atoms with E-state index in [1.807, 2.05) is 6.92 Å². The van der Waals surface area contributed by atoms with Gasteiger partial charge in [0.05, 0.1) is 5.56 Å². The number of benzene rings is 2. The van der Waals surface area contributed by atoms with Crippen LogP contribution in [0.2, 0.25) is 0 Å². The molecule has 0 radical (unpaired) electrons. The lowest BCUT2D eigenvalue weighted by Crippen LogP contribution is -1.98. The van der Waals surface area contributed by atoms with E-state index in [9.17, 15) is 9.18 Å². The Kier molecular flexibility index (Phi) is 4.00. The predicted molar refractivity (Wildman–Crippen MR) is 75.4 cm³/mol. The number of Topliss-reactive ketones (excluding diaryl/α,β-unsaturated/α-hetero) is 1. The smallest absolute Gasteiger partial charge is 0.163 e. The Morgan fingerprint density at radius 2 is 1.89 bits per heavy atom. The van der Waals surface area contributed by atoms with Crippen LogP contribution in [0.5, 0.6) is 11.5 Å². The average molecular weight is 323 g/mol. The molecule has 0 fully saturated rings. The summed E-state index contributed by atoms with van der Waals surface area (Å²) in [5.41, 5.74) is 1.26. The van der Waals surface area contributed by atoms with Gasteiger partial charge in [-0.3, -0.25) is 4.79 Å². The highest BCUT2D eigenvalue weighted by Crippen LogP contribution is 2.30. The first kappa shape index (κ1) is 13.7. The van der Waals surface area contributed by atoms with Crippen molar-refractivity contribution < 1.29 is 13.9 Å². The van der Waals surface area contributed by atoms with Gasteiger partial charge in [0, 0.05) is 10.5 Å². The number of carbonyl (C=O) groups is 1. The van der Waals surface area contributed by atoms with Crippen molar-refractivity contribution in [1.29, 1.82) is 0 Å². The molecule has 0 saturated heterocycles. The summed E-state index contributed by atoms with van der Waals surface area (Å²) in [6.45, 7) is 3.29. The molecule has 98 valence electrons. The fraction of sp³-hybridized carbons (Fsp3) is 0.133. The van der Waals surface area contributed by atoms with E-state index in [4.69, 9.17) is 4.74 Å². The van der Waals surface area contributed by atoms with Crippen LogP contribution in [0.15, 0.2) is 40.9 Å². The van der Waals surface area contributed by atoms with Gasteiger partial charge in [-0.05, 0) is 43.7 Å². The van der Waals surface area contributed by atoms with E-state index in [1.165, 1.54) is 19.1 Å². The lowest BCUT2D eigenvalue weighted by Gasteiger charge is -2.12. The summed E-state index contributed by atoms with van der Waals surface area (Å²) in [4.78, 5) is 11.6. The number of halogens is 2. The summed E-state index contributed by atoms with van der Waals surface area (Å²) in [5.74, 6) is 0.349. The number of carbonyl (C=O) groups excluding carboxylic acids is 1. The van der Waals surface area contributed by atoms with Gasteiger partial charge in [-0.2, -0.15) is 0 Å². The number of hydrogen-bond donors (Lipinski definition) is 0. The summed E-state index contributed by atoms with van der Waals surface area (Å²) in [6.07, 6.45) is 0. The van der Waals surface area contributed by atoms with Crippen LogP contribution in [0, 0.1) is 12.7 Å². The summed E-state index contributed by atoms with van der Waals surface area (Å²) < 4.78 is 19.7. The maximum absolute atomic E-state index is 13.2. The van der Waals surface area contributed by atoms with Gasteiger partial charge in [0.25, 0.3) is 0 Å². The first-order chi connectivity index (χ1) is 8.97. The molecule has 0 N–H and O–H groups in total. The highest BCUT2D eigenvalue weighted by Gasteiger charge is 2.11. The molecule has 0 unspecified atom stereocenters. The summed E-state index contributed by atoms with van der Waals surface area (Å²) in [6, 6.07) is 9.46. The molecule has 0 heterocycles. The Morgan fingerprint density at radius 3 is 2.58 bits per heavy atom. The van der Waals surface area contributed by atoms with Crippen LogP contribution in [0.25, 0.3) is 0 Å². The normalized spacial score (nSPS) is 10.3. The van der Waals surface area contributed by atoms with E-state index in [2.05, 4.69) is 15.9 Å². The van der Waals surface area contributed by atoms with E-state index in [-0.39, 0.29) is 11.6 Å². The monoisotopic (exact) mass is 322 g/mol. The van der Waals surface area contributed by atoms with E-state index < -0.39 is 0 Å². The van der Waals surface area contributed by atoms with Crippen LogP contribution in [-0.4, -0.2) is 5.78 Å². The number of aryl methyl sites for hydroxylation is 1. The Balaban J connectivity index is 2.43. The molecular formula is C15H12BrFO2.